The van der Waals surface area contributed by atoms with Crippen LogP contribution in [0.25, 0.3) is 22.4 Å². The van der Waals surface area contributed by atoms with Gasteiger partial charge in [0.15, 0.2) is 0 Å². The maximum absolute atomic E-state index is 5.83. The second-order valence-corrected chi connectivity index (χ2v) is 6.06. The fourth-order valence-electron chi connectivity index (χ4n) is 3.05. The summed E-state index contributed by atoms with van der Waals surface area (Å²) >= 11 is 0. The lowest BCUT2D eigenvalue weighted by Gasteiger charge is -2.12. The Morgan fingerprint density at radius 3 is 2.38 bits per heavy atom. The molecule has 0 unspecified atom stereocenters. The van der Waals surface area contributed by atoms with Crippen LogP contribution in [0, 0.1) is 6.92 Å². The van der Waals surface area contributed by atoms with Crippen LogP contribution in [-0.2, 0) is 6.54 Å². The average molecular weight is 313 g/mol. The number of aryl methyl sites for hydroxylation is 1. The monoisotopic (exact) mass is 313 g/mol. The molecule has 0 spiro atoms. The summed E-state index contributed by atoms with van der Waals surface area (Å²) in [5.74, 6) is 0.972. The second kappa shape index (κ2) is 5.85. The number of hydrogen-bond acceptors (Lipinski definition) is 2. The Morgan fingerprint density at radius 1 is 0.875 bits per heavy atom. The maximum Gasteiger partial charge on any atom is 0.141 e. The minimum atomic E-state index is 0.764. The molecule has 0 fully saturated rings. The van der Waals surface area contributed by atoms with Crippen LogP contribution in [0.3, 0.4) is 0 Å². The largest absolute Gasteiger partial charge is 0.399 e. The van der Waals surface area contributed by atoms with Gasteiger partial charge in [0.25, 0.3) is 0 Å². The van der Waals surface area contributed by atoms with Crippen LogP contribution in [0.4, 0.5) is 5.69 Å². The van der Waals surface area contributed by atoms with E-state index in [9.17, 15) is 0 Å². The number of hydrogen-bond donors (Lipinski definition) is 1. The van der Waals surface area contributed by atoms with E-state index in [0.717, 1.165) is 34.7 Å². The zero-order valence-electron chi connectivity index (χ0n) is 13.6. The molecular formula is C21H19N3. The van der Waals surface area contributed by atoms with Gasteiger partial charge in [-0.2, -0.15) is 0 Å². The van der Waals surface area contributed by atoms with Crippen molar-refractivity contribution < 1.29 is 0 Å². The molecule has 0 saturated carbocycles. The predicted octanol–water partition coefficient (Wildman–Crippen LogP) is 4.64. The van der Waals surface area contributed by atoms with E-state index in [4.69, 9.17) is 10.7 Å². The Hall–Kier alpha value is -3.07. The topological polar surface area (TPSA) is 43.8 Å². The van der Waals surface area contributed by atoms with Crippen molar-refractivity contribution in [3.63, 3.8) is 0 Å². The summed E-state index contributed by atoms with van der Waals surface area (Å²) in [6.07, 6.45) is 0. The van der Waals surface area contributed by atoms with E-state index in [1.807, 2.05) is 30.3 Å². The lowest BCUT2D eigenvalue weighted by molar-refractivity contribution is 0.828. The summed E-state index contributed by atoms with van der Waals surface area (Å²) in [6, 6.07) is 24.7. The molecule has 3 aromatic carbocycles. The number of nitrogens with two attached hydrogens (primary N) is 1. The standard InChI is InChI=1S/C21H19N3/c1-15-6-2-3-7-17(15)14-24-20-9-5-4-8-19(20)23-21(24)16-10-12-18(22)13-11-16/h2-13H,14,22H2,1H3. The Morgan fingerprint density at radius 2 is 1.58 bits per heavy atom. The first-order valence-corrected chi connectivity index (χ1v) is 8.08. The van der Waals surface area contributed by atoms with Crippen molar-refractivity contribution in [1.82, 2.24) is 9.55 Å². The quantitative estimate of drug-likeness (QED) is 0.560. The van der Waals surface area contributed by atoms with Gasteiger partial charge in [-0.05, 0) is 54.4 Å². The van der Waals surface area contributed by atoms with E-state index in [1.54, 1.807) is 0 Å². The van der Waals surface area contributed by atoms with Crippen molar-refractivity contribution in [2.24, 2.45) is 0 Å². The number of para-hydroxylation sites is 2. The summed E-state index contributed by atoms with van der Waals surface area (Å²) in [4.78, 5) is 4.86. The van der Waals surface area contributed by atoms with Crippen LogP contribution < -0.4 is 5.73 Å². The Labute approximate surface area is 141 Å². The van der Waals surface area contributed by atoms with Gasteiger partial charge in [0, 0.05) is 17.8 Å². The molecule has 4 rings (SSSR count). The lowest BCUT2D eigenvalue weighted by Crippen LogP contribution is -2.03. The number of aromatic nitrogens is 2. The van der Waals surface area contributed by atoms with Crippen molar-refractivity contribution in [3.8, 4) is 11.4 Å². The van der Waals surface area contributed by atoms with Gasteiger partial charge in [0.2, 0.25) is 0 Å². The first kappa shape index (κ1) is 14.5. The molecule has 1 heterocycles. The molecule has 0 radical (unpaired) electrons. The number of nitrogens with zero attached hydrogens (tertiary/aromatic N) is 2. The van der Waals surface area contributed by atoms with E-state index >= 15 is 0 Å². The summed E-state index contributed by atoms with van der Waals surface area (Å²) < 4.78 is 2.28. The van der Waals surface area contributed by atoms with Crippen molar-refractivity contribution in [1.29, 1.82) is 0 Å². The average Bonchev–Trinajstić information content (AvgIpc) is 2.96. The SMILES string of the molecule is Cc1ccccc1Cn1c(-c2ccc(N)cc2)nc2ccccc21. The summed E-state index contributed by atoms with van der Waals surface area (Å²) in [5.41, 5.74) is 12.4. The van der Waals surface area contributed by atoms with Crippen molar-refractivity contribution in [2.75, 3.05) is 5.73 Å². The molecule has 1 aromatic heterocycles. The van der Waals surface area contributed by atoms with Crippen LogP contribution in [0.1, 0.15) is 11.1 Å². The minimum absolute atomic E-state index is 0.764. The molecular weight excluding hydrogens is 294 g/mol. The van der Waals surface area contributed by atoms with Gasteiger partial charge in [0.05, 0.1) is 11.0 Å². The van der Waals surface area contributed by atoms with Gasteiger partial charge in [-0.15, -0.1) is 0 Å². The lowest BCUT2D eigenvalue weighted by atomic mass is 10.1. The number of rotatable bonds is 3. The van der Waals surface area contributed by atoms with Crippen LogP contribution in [0.2, 0.25) is 0 Å². The van der Waals surface area contributed by atoms with Gasteiger partial charge in [0.1, 0.15) is 5.82 Å². The Kier molecular flexibility index (Phi) is 3.54. The normalized spacial score (nSPS) is 11.0. The fourth-order valence-corrected chi connectivity index (χ4v) is 3.05. The molecule has 0 aliphatic carbocycles. The van der Waals surface area contributed by atoms with E-state index < -0.39 is 0 Å². The zero-order chi connectivity index (χ0) is 16.5. The van der Waals surface area contributed by atoms with Gasteiger partial charge >= 0.3 is 0 Å². The van der Waals surface area contributed by atoms with E-state index in [0.29, 0.717) is 0 Å². The number of imidazole rings is 1. The van der Waals surface area contributed by atoms with Gasteiger partial charge in [-0.25, -0.2) is 4.98 Å². The second-order valence-electron chi connectivity index (χ2n) is 6.06. The molecule has 0 bridgehead atoms. The number of fused-ring (bicyclic) bond motifs is 1. The highest BCUT2D eigenvalue weighted by atomic mass is 15.1. The Balaban J connectivity index is 1.90. The molecule has 3 heteroatoms. The molecule has 3 nitrogen and oxygen atoms in total. The molecule has 0 aliphatic heterocycles. The minimum Gasteiger partial charge on any atom is -0.399 e. The maximum atomic E-state index is 5.83. The molecule has 118 valence electrons. The van der Waals surface area contributed by atoms with E-state index in [2.05, 4.69) is 54.0 Å². The first-order chi connectivity index (χ1) is 11.7. The third-order valence-corrected chi connectivity index (χ3v) is 4.41. The molecule has 24 heavy (non-hydrogen) atoms. The van der Waals surface area contributed by atoms with Gasteiger partial charge < -0.3 is 10.3 Å². The molecule has 0 aliphatic rings. The van der Waals surface area contributed by atoms with Crippen LogP contribution in [0.15, 0.2) is 72.8 Å². The highest BCUT2D eigenvalue weighted by Crippen LogP contribution is 2.27. The summed E-state index contributed by atoms with van der Waals surface area (Å²) in [6.45, 7) is 2.95. The molecule has 2 N–H and O–H groups in total. The number of anilines is 1. The molecule has 4 aromatic rings. The third kappa shape index (κ3) is 2.54. The number of nitrogen functional groups attached to an aromatic ring is 1. The molecule has 0 atom stereocenters. The van der Waals surface area contributed by atoms with Crippen molar-refractivity contribution in [3.05, 3.63) is 83.9 Å². The van der Waals surface area contributed by atoms with Crippen LogP contribution >= 0.6 is 0 Å². The highest BCUT2D eigenvalue weighted by Gasteiger charge is 2.13. The fraction of sp³-hybridized carbons (Fsp3) is 0.0952. The zero-order valence-corrected chi connectivity index (χ0v) is 13.6. The van der Waals surface area contributed by atoms with Crippen LogP contribution in [-0.4, -0.2) is 9.55 Å². The summed E-state index contributed by atoms with van der Waals surface area (Å²) in [5, 5.41) is 0. The molecule has 0 amide bonds. The Bertz CT molecular complexity index is 997. The van der Waals surface area contributed by atoms with E-state index in [1.165, 1.54) is 11.1 Å². The third-order valence-electron chi connectivity index (χ3n) is 4.41. The number of benzene rings is 3. The predicted molar refractivity (Wildman–Crippen MR) is 99.9 cm³/mol. The van der Waals surface area contributed by atoms with Crippen molar-refractivity contribution in [2.45, 2.75) is 13.5 Å². The van der Waals surface area contributed by atoms with E-state index in [-0.39, 0.29) is 0 Å². The van der Waals surface area contributed by atoms with Gasteiger partial charge in [-0.1, -0.05) is 36.4 Å². The smallest absolute Gasteiger partial charge is 0.141 e. The summed E-state index contributed by atoms with van der Waals surface area (Å²) in [7, 11) is 0. The van der Waals surface area contributed by atoms with Crippen LogP contribution in [0.5, 0.6) is 0 Å². The van der Waals surface area contributed by atoms with Crippen molar-refractivity contribution >= 4 is 16.7 Å². The van der Waals surface area contributed by atoms with Gasteiger partial charge in [-0.3, -0.25) is 0 Å². The first-order valence-electron chi connectivity index (χ1n) is 8.08. The highest BCUT2D eigenvalue weighted by molar-refractivity contribution is 5.81. The molecule has 0 saturated heterocycles.